The van der Waals surface area contributed by atoms with Crippen molar-refractivity contribution in [2.75, 3.05) is 32.8 Å². The topological polar surface area (TPSA) is 73.8 Å². The van der Waals surface area contributed by atoms with Crippen molar-refractivity contribution >= 4 is 0 Å². The highest BCUT2D eigenvalue weighted by atomic mass is 16.5. The summed E-state index contributed by atoms with van der Waals surface area (Å²) in [5.41, 5.74) is 0. The Balaban J connectivity index is 1.57. The molecule has 112 valence electrons. The number of aliphatic hydroxyl groups is 1. The molecule has 0 spiro atoms. The predicted molar refractivity (Wildman–Crippen MR) is 78.1 cm³/mol. The number of aliphatic hydroxyl groups excluding tert-OH is 1. The summed E-state index contributed by atoms with van der Waals surface area (Å²) in [6.07, 6.45) is 1.88. The maximum atomic E-state index is 9.85. The Hall–Kier alpha value is -1.30. The minimum Gasteiger partial charge on any atom is -0.508 e. The zero-order valence-corrected chi connectivity index (χ0v) is 11.7. The standard InChI is InChI=1S/C15H24N2O3/c18-13-1-3-15(4-2-13)20-11-14(19)10-17-9-12-5-7-16-8-6-12/h1-4,12,14,16-19H,5-11H2/t14-/m0/s1. The van der Waals surface area contributed by atoms with Crippen molar-refractivity contribution in [1.29, 1.82) is 0 Å². The molecule has 20 heavy (non-hydrogen) atoms. The van der Waals surface area contributed by atoms with Crippen LogP contribution in [0.25, 0.3) is 0 Å². The van der Waals surface area contributed by atoms with Gasteiger partial charge in [0.1, 0.15) is 24.2 Å². The first-order valence-electron chi connectivity index (χ1n) is 7.25. The summed E-state index contributed by atoms with van der Waals surface area (Å²) in [4.78, 5) is 0. The predicted octanol–water partition coefficient (Wildman–Crippen LogP) is 0.721. The van der Waals surface area contributed by atoms with E-state index in [1.807, 2.05) is 0 Å². The molecular weight excluding hydrogens is 256 g/mol. The van der Waals surface area contributed by atoms with E-state index in [0.29, 0.717) is 18.2 Å². The van der Waals surface area contributed by atoms with Crippen LogP contribution in [-0.2, 0) is 0 Å². The van der Waals surface area contributed by atoms with Gasteiger partial charge >= 0.3 is 0 Å². The molecule has 4 N–H and O–H groups in total. The van der Waals surface area contributed by atoms with Crippen LogP contribution in [-0.4, -0.2) is 49.1 Å². The SMILES string of the molecule is Oc1ccc(OC[C@@H](O)CNCC2CCNCC2)cc1. The number of piperidine rings is 1. The smallest absolute Gasteiger partial charge is 0.119 e. The molecule has 0 radical (unpaired) electrons. The first-order valence-corrected chi connectivity index (χ1v) is 7.25. The van der Waals surface area contributed by atoms with Crippen molar-refractivity contribution in [3.63, 3.8) is 0 Å². The molecule has 0 aromatic heterocycles. The zero-order valence-electron chi connectivity index (χ0n) is 11.7. The van der Waals surface area contributed by atoms with E-state index in [2.05, 4.69) is 10.6 Å². The highest BCUT2D eigenvalue weighted by Gasteiger charge is 2.13. The summed E-state index contributed by atoms with van der Waals surface area (Å²) in [6, 6.07) is 6.50. The molecule has 5 heteroatoms. The van der Waals surface area contributed by atoms with Gasteiger partial charge in [-0.25, -0.2) is 0 Å². The fourth-order valence-corrected chi connectivity index (χ4v) is 2.33. The minimum atomic E-state index is -0.523. The lowest BCUT2D eigenvalue weighted by molar-refractivity contribution is 0.105. The summed E-state index contributed by atoms with van der Waals surface area (Å²) in [6.45, 7) is 3.95. The molecular formula is C15H24N2O3. The van der Waals surface area contributed by atoms with E-state index in [1.165, 1.54) is 12.8 Å². The number of benzene rings is 1. The third-order valence-electron chi connectivity index (χ3n) is 3.55. The average Bonchev–Trinajstić information content (AvgIpc) is 2.48. The number of ether oxygens (including phenoxy) is 1. The van der Waals surface area contributed by atoms with Crippen LogP contribution < -0.4 is 15.4 Å². The van der Waals surface area contributed by atoms with Gasteiger partial charge in [0.2, 0.25) is 0 Å². The normalized spacial score (nSPS) is 17.9. The van der Waals surface area contributed by atoms with Gasteiger partial charge in [0.15, 0.2) is 0 Å². The van der Waals surface area contributed by atoms with Crippen molar-refractivity contribution in [3.05, 3.63) is 24.3 Å². The van der Waals surface area contributed by atoms with E-state index in [1.54, 1.807) is 24.3 Å². The van der Waals surface area contributed by atoms with Crippen molar-refractivity contribution in [1.82, 2.24) is 10.6 Å². The number of phenolic OH excluding ortho intramolecular Hbond substituents is 1. The maximum absolute atomic E-state index is 9.85. The summed E-state index contributed by atoms with van der Waals surface area (Å²) < 4.78 is 5.45. The molecule has 0 saturated carbocycles. The maximum Gasteiger partial charge on any atom is 0.119 e. The molecule has 1 saturated heterocycles. The zero-order chi connectivity index (χ0) is 14.2. The monoisotopic (exact) mass is 280 g/mol. The first kappa shape index (κ1) is 15.1. The molecule has 1 atom stereocenters. The molecule has 1 aromatic rings. The number of hydrogen-bond donors (Lipinski definition) is 4. The first-order chi connectivity index (χ1) is 9.74. The van der Waals surface area contributed by atoms with Crippen molar-refractivity contribution in [3.8, 4) is 11.5 Å². The van der Waals surface area contributed by atoms with Crippen LogP contribution in [0.3, 0.4) is 0 Å². The van der Waals surface area contributed by atoms with Gasteiger partial charge in [0.25, 0.3) is 0 Å². The van der Waals surface area contributed by atoms with Crippen LogP contribution in [0.2, 0.25) is 0 Å². The molecule has 1 aliphatic heterocycles. The number of hydrogen-bond acceptors (Lipinski definition) is 5. The summed E-state index contributed by atoms with van der Waals surface area (Å²) in [5.74, 6) is 1.57. The Morgan fingerprint density at radius 2 is 1.95 bits per heavy atom. The molecule has 0 amide bonds. The molecule has 0 bridgehead atoms. The second-order valence-corrected chi connectivity index (χ2v) is 5.31. The van der Waals surface area contributed by atoms with Gasteiger partial charge in [-0.2, -0.15) is 0 Å². The molecule has 1 fully saturated rings. The molecule has 1 aromatic carbocycles. The van der Waals surface area contributed by atoms with E-state index < -0.39 is 6.10 Å². The summed E-state index contributed by atoms with van der Waals surface area (Å²) in [5, 5.41) is 25.6. The van der Waals surface area contributed by atoms with Gasteiger partial charge in [-0.05, 0) is 62.7 Å². The Bertz CT molecular complexity index is 377. The van der Waals surface area contributed by atoms with Crippen LogP contribution >= 0.6 is 0 Å². The Kier molecular flexibility index (Phi) is 6.11. The van der Waals surface area contributed by atoms with Crippen molar-refractivity contribution in [2.24, 2.45) is 5.92 Å². The Morgan fingerprint density at radius 1 is 1.25 bits per heavy atom. The van der Waals surface area contributed by atoms with E-state index in [0.717, 1.165) is 19.6 Å². The van der Waals surface area contributed by atoms with Crippen LogP contribution in [0, 0.1) is 5.92 Å². The molecule has 2 rings (SSSR count). The minimum absolute atomic E-state index is 0.210. The lowest BCUT2D eigenvalue weighted by Gasteiger charge is -2.23. The van der Waals surface area contributed by atoms with E-state index >= 15 is 0 Å². The lowest BCUT2D eigenvalue weighted by Crippen LogP contribution is -2.37. The van der Waals surface area contributed by atoms with Crippen LogP contribution in [0.1, 0.15) is 12.8 Å². The van der Waals surface area contributed by atoms with Gasteiger partial charge in [0, 0.05) is 6.54 Å². The fraction of sp³-hybridized carbons (Fsp3) is 0.600. The van der Waals surface area contributed by atoms with Crippen LogP contribution in [0.15, 0.2) is 24.3 Å². The van der Waals surface area contributed by atoms with E-state index in [4.69, 9.17) is 9.84 Å². The Morgan fingerprint density at radius 3 is 2.65 bits per heavy atom. The highest BCUT2D eigenvalue weighted by molar-refractivity contribution is 5.30. The van der Waals surface area contributed by atoms with Crippen LogP contribution in [0.5, 0.6) is 11.5 Å². The van der Waals surface area contributed by atoms with Crippen molar-refractivity contribution < 1.29 is 14.9 Å². The number of aromatic hydroxyl groups is 1. The number of nitrogens with one attached hydrogen (secondary N) is 2. The molecule has 0 unspecified atom stereocenters. The molecule has 5 nitrogen and oxygen atoms in total. The Labute approximate surface area is 120 Å². The summed E-state index contributed by atoms with van der Waals surface area (Å²) >= 11 is 0. The molecule has 1 heterocycles. The third-order valence-corrected chi connectivity index (χ3v) is 3.55. The molecule has 1 aliphatic rings. The quantitative estimate of drug-likeness (QED) is 0.592. The third kappa shape index (κ3) is 5.36. The van der Waals surface area contributed by atoms with E-state index in [9.17, 15) is 5.11 Å². The number of rotatable bonds is 7. The summed E-state index contributed by atoms with van der Waals surface area (Å²) in [7, 11) is 0. The second-order valence-electron chi connectivity index (χ2n) is 5.31. The highest BCUT2D eigenvalue weighted by Crippen LogP contribution is 2.16. The lowest BCUT2D eigenvalue weighted by atomic mass is 9.98. The average molecular weight is 280 g/mol. The van der Waals surface area contributed by atoms with Gasteiger partial charge in [-0.1, -0.05) is 0 Å². The van der Waals surface area contributed by atoms with Gasteiger partial charge in [0.05, 0.1) is 0 Å². The largest absolute Gasteiger partial charge is 0.508 e. The van der Waals surface area contributed by atoms with E-state index in [-0.39, 0.29) is 12.4 Å². The second kappa shape index (κ2) is 8.09. The fourth-order valence-electron chi connectivity index (χ4n) is 2.33. The van der Waals surface area contributed by atoms with Gasteiger partial charge in [-0.3, -0.25) is 0 Å². The molecule has 0 aliphatic carbocycles. The number of phenols is 1. The van der Waals surface area contributed by atoms with Gasteiger partial charge in [-0.15, -0.1) is 0 Å². The van der Waals surface area contributed by atoms with Gasteiger partial charge < -0.3 is 25.6 Å². The van der Waals surface area contributed by atoms with Crippen molar-refractivity contribution in [2.45, 2.75) is 18.9 Å². The van der Waals surface area contributed by atoms with Crippen LogP contribution in [0.4, 0.5) is 0 Å².